The highest BCUT2D eigenvalue weighted by atomic mass is 32.2. The van der Waals surface area contributed by atoms with Gasteiger partial charge in [-0.05, 0) is 67.9 Å². The molecule has 2 fully saturated rings. The zero-order chi connectivity index (χ0) is 24.9. The molecule has 3 N–H and O–H groups in total. The first-order chi connectivity index (χ1) is 17.4. The number of nitrogens with one attached hydrogen (secondary N) is 2. The van der Waals surface area contributed by atoms with Crippen LogP contribution >= 0.6 is 0 Å². The van der Waals surface area contributed by atoms with Crippen LogP contribution in [0.4, 0.5) is 17.1 Å². The van der Waals surface area contributed by atoms with Crippen molar-refractivity contribution in [3.05, 3.63) is 47.8 Å². The maximum absolute atomic E-state index is 13.6. The van der Waals surface area contributed by atoms with Gasteiger partial charge in [0.1, 0.15) is 11.3 Å². The fraction of sp³-hybridized carbons (Fsp3) is 0.462. The largest absolute Gasteiger partial charge is 0.395 e. The Labute approximate surface area is 210 Å². The van der Waals surface area contributed by atoms with E-state index in [1.807, 2.05) is 18.2 Å². The molecule has 1 aromatic heterocycles. The molecule has 1 amide bonds. The number of hydrogen-bond donors (Lipinski definition) is 3. The lowest BCUT2D eigenvalue weighted by molar-refractivity contribution is 0.102. The Bertz CT molecular complexity index is 1430. The average molecular weight is 510 g/mol. The second kappa shape index (κ2) is 8.77. The number of hydrogen-bond acceptors (Lipinski definition) is 6. The normalized spacial score (nSPS) is 18.4. The molecule has 1 spiro atoms. The van der Waals surface area contributed by atoms with E-state index in [1.165, 1.54) is 12.8 Å². The van der Waals surface area contributed by atoms with Gasteiger partial charge in [-0.1, -0.05) is 6.07 Å². The van der Waals surface area contributed by atoms with Crippen LogP contribution in [0.25, 0.3) is 11.0 Å². The Kier molecular flexibility index (Phi) is 5.68. The maximum atomic E-state index is 13.6. The van der Waals surface area contributed by atoms with Gasteiger partial charge in [0.2, 0.25) is 10.0 Å². The number of carbonyl (C=O) groups is 1. The number of aliphatic hydroxyl groups is 1. The number of carbonyl (C=O) groups excluding carboxylic acids is 1. The number of aromatic nitrogens is 2. The van der Waals surface area contributed by atoms with Gasteiger partial charge in [-0.3, -0.25) is 9.52 Å². The molecule has 9 nitrogen and oxygen atoms in total. The van der Waals surface area contributed by atoms with Gasteiger partial charge in [0.25, 0.3) is 5.91 Å². The van der Waals surface area contributed by atoms with Crippen molar-refractivity contribution in [3.63, 3.8) is 0 Å². The minimum atomic E-state index is -3.68. The summed E-state index contributed by atoms with van der Waals surface area (Å²) in [6.07, 6.45) is 6.73. The van der Waals surface area contributed by atoms with Crippen LogP contribution in [0.1, 0.15) is 48.3 Å². The number of benzene rings is 2. The molecule has 10 heteroatoms. The van der Waals surface area contributed by atoms with Crippen molar-refractivity contribution >= 4 is 44.0 Å². The van der Waals surface area contributed by atoms with Crippen LogP contribution in [0.3, 0.4) is 0 Å². The number of sulfonamides is 1. The molecule has 1 saturated carbocycles. The van der Waals surface area contributed by atoms with E-state index in [9.17, 15) is 13.2 Å². The van der Waals surface area contributed by atoms with Crippen LogP contribution in [0, 0.1) is 5.41 Å². The standard InChI is InChI=1S/C26H31N5O4S/c32-15-16-36(34,35)29-18-6-7-19(22(17-18)30-13-10-26(8-9-26)11-14-30)25(33)27-20-3-1-4-21-24(20)28-23-5-2-12-31(21)23/h1,3-4,6-7,17,29,32H,2,5,8-16H2,(H,27,33). The van der Waals surface area contributed by atoms with Gasteiger partial charge in [0.15, 0.2) is 0 Å². The van der Waals surface area contributed by atoms with Gasteiger partial charge < -0.3 is 19.9 Å². The van der Waals surface area contributed by atoms with E-state index in [1.54, 1.807) is 18.2 Å². The Hall–Kier alpha value is -3.11. The van der Waals surface area contributed by atoms with Gasteiger partial charge in [-0.15, -0.1) is 0 Å². The van der Waals surface area contributed by atoms with Crippen LogP contribution in [0.15, 0.2) is 36.4 Å². The summed E-state index contributed by atoms with van der Waals surface area (Å²) in [5.74, 6) is 0.423. The van der Waals surface area contributed by atoms with Crippen LogP contribution in [0.5, 0.6) is 0 Å². The lowest BCUT2D eigenvalue weighted by atomic mass is 9.93. The Morgan fingerprint density at radius 1 is 1.08 bits per heavy atom. The third-order valence-electron chi connectivity index (χ3n) is 7.89. The maximum Gasteiger partial charge on any atom is 0.257 e. The molecule has 0 bridgehead atoms. The van der Waals surface area contributed by atoms with Crippen molar-refractivity contribution in [1.82, 2.24) is 9.55 Å². The molecule has 6 rings (SSSR count). The average Bonchev–Trinajstić information content (AvgIpc) is 3.27. The van der Waals surface area contributed by atoms with Gasteiger partial charge >= 0.3 is 0 Å². The van der Waals surface area contributed by atoms with Crippen molar-refractivity contribution in [2.45, 2.75) is 45.1 Å². The van der Waals surface area contributed by atoms with Crippen LogP contribution in [0.2, 0.25) is 0 Å². The van der Waals surface area contributed by atoms with Gasteiger partial charge in [-0.2, -0.15) is 0 Å². The van der Waals surface area contributed by atoms with Crippen molar-refractivity contribution < 1.29 is 18.3 Å². The van der Waals surface area contributed by atoms with Crippen LogP contribution in [-0.2, 0) is 23.0 Å². The number of piperidine rings is 1. The third kappa shape index (κ3) is 4.32. The van der Waals surface area contributed by atoms with E-state index >= 15 is 0 Å². The van der Waals surface area contributed by atoms with E-state index < -0.39 is 16.6 Å². The Morgan fingerprint density at radius 3 is 2.64 bits per heavy atom. The predicted molar refractivity (Wildman–Crippen MR) is 140 cm³/mol. The lowest BCUT2D eigenvalue weighted by Gasteiger charge is -2.35. The minimum absolute atomic E-state index is 0.248. The summed E-state index contributed by atoms with van der Waals surface area (Å²) in [6.45, 7) is 2.14. The highest BCUT2D eigenvalue weighted by molar-refractivity contribution is 7.92. The van der Waals surface area contributed by atoms with Gasteiger partial charge in [0.05, 0.1) is 40.5 Å². The number of aliphatic hydroxyl groups excluding tert-OH is 1. The van der Waals surface area contributed by atoms with E-state index in [-0.39, 0.29) is 11.7 Å². The molecule has 0 atom stereocenters. The fourth-order valence-corrected chi connectivity index (χ4v) is 6.45. The number of nitrogens with zero attached hydrogens (tertiary/aromatic N) is 3. The number of amides is 1. The SMILES string of the molecule is O=C(Nc1cccc2c1nc1n2CCC1)c1ccc(NS(=O)(=O)CCO)cc1N1CCC2(CC1)CC2. The summed E-state index contributed by atoms with van der Waals surface area (Å²) in [5.41, 5.74) is 4.56. The quantitative estimate of drug-likeness (QED) is 0.450. The van der Waals surface area contributed by atoms with Crippen LogP contribution in [-0.4, -0.2) is 54.4 Å². The molecule has 1 saturated heterocycles. The second-order valence-electron chi connectivity index (χ2n) is 10.3. The summed E-state index contributed by atoms with van der Waals surface area (Å²) >= 11 is 0. The van der Waals surface area contributed by atoms with Crippen LogP contribution < -0.4 is 14.9 Å². The van der Waals surface area contributed by atoms with Crippen molar-refractivity contribution in [1.29, 1.82) is 0 Å². The molecule has 3 aromatic rings. The Morgan fingerprint density at radius 2 is 1.89 bits per heavy atom. The topological polar surface area (TPSA) is 117 Å². The van der Waals surface area contributed by atoms with Gasteiger partial charge in [0, 0.05) is 26.1 Å². The molecular weight excluding hydrogens is 478 g/mol. The predicted octanol–water partition coefficient (Wildman–Crippen LogP) is 3.35. The number of imidazole rings is 1. The number of aryl methyl sites for hydroxylation is 2. The van der Waals surface area contributed by atoms with Gasteiger partial charge in [-0.25, -0.2) is 13.4 Å². The molecule has 2 aromatic carbocycles. The molecule has 2 aliphatic heterocycles. The highest BCUT2D eigenvalue weighted by Crippen LogP contribution is 2.54. The first-order valence-corrected chi connectivity index (χ1v) is 14.3. The summed E-state index contributed by atoms with van der Waals surface area (Å²) in [7, 11) is -3.68. The smallest absolute Gasteiger partial charge is 0.257 e. The van der Waals surface area contributed by atoms with Crippen molar-refractivity contribution in [2.24, 2.45) is 5.41 Å². The summed E-state index contributed by atoms with van der Waals surface area (Å²) in [6, 6.07) is 10.9. The molecule has 190 valence electrons. The third-order valence-corrected chi connectivity index (χ3v) is 9.15. The summed E-state index contributed by atoms with van der Waals surface area (Å²) < 4.78 is 29.2. The number of rotatable bonds is 7. The van der Waals surface area contributed by atoms with E-state index in [4.69, 9.17) is 10.1 Å². The molecule has 36 heavy (non-hydrogen) atoms. The zero-order valence-corrected chi connectivity index (χ0v) is 21.0. The van der Waals surface area contributed by atoms with Crippen molar-refractivity contribution in [3.8, 4) is 0 Å². The molecular formula is C26H31N5O4S. The molecule has 0 radical (unpaired) electrons. The molecule has 3 aliphatic rings. The van der Waals surface area contributed by atoms with E-state index in [0.29, 0.717) is 28.0 Å². The number of para-hydroxylation sites is 1. The zero-order valence-electron chi connectivity index (χ0n) is 20.2. The van der Waals surface area contributed by atoms with E-state index in [0.717, 1.165) is 62.2 Å². The second-order valence-corrected chi connectivity index (χ2v) is 12.1. The molecule has 1 aliphatic carbocycles. The number of anilines is 3. The first-order valence-electron chi connectivity index (χ1n) is 12.7. The number of fused-ring (bicyclic) bond motifs is 3. The fourth-order valence-electron chi connectivity index (χ4n) is 5.62. The molecule has 0 unspecified atom stereocenters. The summed E-state index contributed by atoms with van der Waals surface area (Å²) in [4.78, 5) is 20.6. The Balaban J connectivity index is 1.32. The molecule has 3 heterocycles. The highest BCUT2D eigenvalue weighted by Gasteiger charge is 2.44. The summed E-state index contributed by atoms with van der Waals surface area (Å²) in [5, 5.41) is 12.1. The lowest BCUT2D eigenvalue weighted by Crippen LogP contribution is -2.35. The minimum Gasteiger partial charge on any atom is -0.395 e. The first kappa shape index (κ1) is 23.3. The monoisotopic (exact) mass is 509 g/mol. The van der Waals surface area contributed by atoms with E-state index in [2.05, 4.69) is 19.5 Å². The van der Waals surface area contributed by atoms with Crippen molar-refractivity contribution in [2.75, 3.05) is 40.4 Å².